The molecule has 0 unspecified atom stereocenters. The van der Waals surface area contributed by atoms with Gasteiger partial charge >= 0.3 is 0 Å². The average Bonchev–Trinajstić information content (AvgIpc) is 2.04. The SMILES string of the molecule is NS(=O)(=O)N1CCN(CCF)CC1. The Morgan fingerprint density at radius 3 is 2.15 bits per heavy atom. The summed E-state index contributed by atoms with van der Waals surface area (Å²) in [5.74, 6) is 0. The van der Waals surface area contributed by atoms with Crippen LogP contribution in [0.2, 0.25) is 0 Å². The lowest BCUT2D eigenvalue weighted by molar-refractivity contribution is 0.177. The van der Waals surface area contributed by atoms with Gasteiger partial charge in [0, 0.05) is 32.7 Å². The molecule has 2 N–H and O–H groups in total. The molecule has 0 aromatic heterocycles. The molecule has 1 aliphatic rings. The van der Waals surface area contributed by atoms with E-state index in [2.05, 4.69) is 0 Å². The highest BCUT2D eigenvalue weighted by molar-refractivity contribution is 7.86. The fourth-order valence-electron chi connectivity index (χ4n) is 1.33. The Kier molecular flexibility index (Phi) is 3.60. The molecule has 0 aliphatic carbocycles. The summed E-state index contributed by atoms with van der Waals surface area (Å²) in [6.45, 7) is 1.81. The van der Waals surface area contributed by atoms with Gasteiger partial charge in [-0.25, -0.2) is 9.53 Å². The van der Waals surface area contributed by atoms with Crippen LogP contribution in [-0.2, 0) is 10.2 Å². The third-order valence-corrected chi connectivity index (χ3v) is 3.18. The van der Waals surface area contributed by atoms with Gasteiger partial charge in [0.2, 0.25) is 0 Å². The lowest BCUT2D eigenvalue weighted by Gasteiger charge is -2.32. The summed E-state index contributed by atoms with van der Waals surface area (Å²) in [4.78, 5) is 1.88. The molecule has 78 valence electrons. The number of nitrogens with two attached hydrogens (primary N) is 1. The van der Waals surface area contributed by atoms with E-state index in [-0.39, 0.29) is 0 Å². The fraction of sp³-hybridized carbons (Fsp3) is 1.00. The first-order chi connectivity index (χ1) is 6.04. The zero-order valence-electron chi connectivity index (χ0n) is 7.32. The van der Waals surface area contributed by atoms with E-state index in [0.29, 0.717) is 32.7 Å². The molecule has 13 heavy (non-hydrogen) atoms. The van der Waals surface area contributed by atoms with Crippen LogP contribution in [0.4, 0.5) is 4.39 Å². The third kappa shape index (κ3) is 3.18. The fourth-order valence-corrected chi connectivity index (χ4v) is 2.00. The Morgan fingerprint density at radius 1 is 1.23 bits per heavy atom. The largest absolute Gasteiger partial charge is 0.298 e. The second kappa shape index (κ2) is 4.32. The van der Waals surface area contributed by atoms with E-state index in [9.17, 15) is 12.8 Å². The van der Waals surface area contributed by atoms with Gasteiger partial charge in [0.25, 0.3) is 10.2 Å². The van der Waals surface area contributed by atoms with Crippen molar-refractivity contribution in [3.63, 3.8) is 0 Å². The average molecular weight is 211 g/mol. The number of rotatable bonds is 3. The molecule has 1 saturated heterocycles. The van der Waals surface area contributed by atoms with Crippen LogP contribution in [0.3, 0.4) is 0 Å². The molecule has 0 aromatic carbocycles. The predicted octanol–water partition coefficient (Wildman–Crippen LogP) is -1.22. The van der Waals surface area contributed by atoms with Crippen LogP contribution in [-0.4, -0.2) is 57.0 Å². The molecule has 5 nitrogen and oxygen atoms in total. The smallest absolute Gasteiger partial charge is 0.276 e. The number of alkyl halides is 1. The molecule has 7 heteroatoms. The van der Waals surface area contributed by atoms with Crippen LogP contribution in [0.5, 0.6) is 0 Å². The maximum atomic E-state index is 11.9. The molecule has 0 amide bonds. The molecule has 1 aliphatic heterocycles. The van der Waals surface area contributed by atoms with E-state index >= 15 is 0 Å². The normalized spacial score (nSPS) is 22.0. The van der Waals surface area contributed by atoms with Crippen LogP contribution in [0.15, 0.2) is 0 Å². The summed E-state index contributed by atoms with van der Waals surface area (Å²) in [6, 6.07) is 0. The maximum absolute atomic E-state index is 11.9. The highest BCUT2D eigenvalue weighted by atomic mass is 32.2. The molecule has 0 bridgehead atoms. The van der Waals surface area contributed by atoms with Crippen LogP contribution in [0.1, 0.15) is 0 Å². The molecular formula is C6H14FN3O2S. The molecule has 1 rings (SSSR count). The van der Waals surface area contributed by atoms with Crippen molar-refractivity contribution in [1.82, 2.24) is 9.21 Å². The van der Waals surface area contributed by atoms with Gasteiger partial charge < -0.3 is 0 Å². The Balaban J connectivity index is 2.39. The highest BCUT2D eigenvalue weighted by Crippen LogP contribution is 2.03. The van der Waals surface area contributed by atoms with Crippen molar-refractivity contribution in [1.29, 1.82) is 0 Å². The van der Waals surface area contributed by atoms with E-state index in [1.165, 1.54) is 4.31 Å². The van der Waals surface area contributed by atoms with Gasteiger partial charge in [-0.2, -0.15) is 12.7 Å². The van der Waals surface area contributed by atoms with Crippen molar-refractivity contribution in [2.24, 2.45) is 5.14 Å². The molecule has 1 fully saturated rings. The van der Waals surface area contributed by atoms with Crippen molar-refractivity contribution < 1.29 is 12.8 Å². The molecule has 1 heterocycles. The summed E-state index contributed by atoms with van der Waals surface area (Å²) in [6.07, 6.45) is 0. The van der Waals surface area contributed by atoms with E-state index in [4.69, 9.17) is 5.14 Å². The molecule has 0 saturated carbocycles. The van der Waals surface area contributed by atoms with Crippen molar-refractivity contribution in [3.8, 4) is 0 Å². The van der Waals surface area contributed by atoms with Crippen LogP contribution >= 0.6 is 0 Å². The number of halogens is 1. The standard InChI is InChI=1S/C6H14FN3O2S/c7-1-2-9-3-5-10(6-4-9)13(8,11)12/h1-6H2,(H2,8,11,12). The maximum Gasteiger partial charge on any atom is 0.276 e. The molecule has 0 atom stereocenters. The van der Waals surface area contributed by atoms with Gasteiger partial charge in [-0.15, -0.1) is 0 Å². The molecule has 0 aromatic rings. The second-order valence-corrected chi connectivity index (χ2v) is 4.52. The number of piperazine rings is 1. The summed E-state index contributed by atoms with van der Waals surface area (Å²) in [7, 11) is -3.55. The highest BCUT2D eigenvalue weighted by Gasteiger charge is 2.23. The quantitative estimate of drug-likeness (QED) is 0.636. The van der Waals surface area contributed by atoms with Gasteiger partial charge in [0.1, 0.15) is 6.67 Å². The molecule has 0 radical (unpaired) electrons. The van der Waals surface area contributed by atoms with Crippen molar-refractivity contribution >= 4 is 10.2 Å². The molecule has 0 spiro atoms. The van der Waals surface area contributed by atoms with E-state index in [0.717, 1.165) is 0 Å². The first-order valence-corrected chi connectivity index (χ1v) is 5.60. The minimum absolute atomic E-state index is 0.360. The van der Waals surface area contributed by atoms with Gasteiger partial charge in [-0.1, -0.05) is 0 Å². The van der Waals surface area contributed by atoms with Gasteiger partial charge in [0.05, 0.1) is 0 Å². The van der Waals surface area contributed by atoms with Crippen molar-refractivity contribution in [3.05, 3.63) is 0 Å². The minimum atomic E-state index is -3.55. The third-order valence-electron chi connectivity index (χ3n) is 2.09. The topological polar surface area (TPSA) is 66.6 Å². The zero-order valence-corrected chi connectivity index (χ0v) is 8.13. The van der Waals surface area contributed by atoms with Gasteiger partial charge in [0.15, 0.2) is 0 Å². The monoisotopic (exact) mass is 211 g/mol. The predicted molar refractivity (Wildman–Crippen MR) is 47.1 cm³/mol. The zero-order chi connectivity index (χ0) is 9.90. The summed E-state index contributed by atoms with van der Waals surface area (Å²) in [5.41, 5.74) is 0. The summed E-state index contributed by atoms with van der Waals surface area (Å²) >= 11 is 0. The Labute approximate surface area is 77.5 Å². The minimum Gasteiger partial charge on any atom is -0.298 e. The Bertz CT molecular complexity index is 249. The van der Waals surface area contributed by atoms with Crippen LogP contribution in [0, 0.1) is 0 Å². The lowest BCUT2D eigenvalue weighted by Crippen LogP contribution is -2.50. The summed E-state index contributed by atoms with van der Waals surface area (Å²) in [5, 5.41) is 4.94. The van der Waals surface area contributed by atoms with E-state index in [1.807, 2.05) is 4.90 Å². The lowest BCUT2D eigenvalue weighted by atomic mass is 10.4. The van der Waals surface area contributed by atoms with Crippen molar-refractivity contribution in [2.45, 2.75) is 0 Å². The van der Waals surface area contributed by atoms with Crippen molar-refractivity contribution in [2.75, 3.05) is 39.4 Å². The first kappa shape index (κ1) is 10.8. The van der Waals surface area contributed by atoms with Crippen LogP contribution < -0.4 is 5.14 Å². The first-order valence-electron chi connectivity index (χ1n) is 4.10. The Hall–Kier alpha value is -0.240. The van der Waals surface area contributed by atoms with Gasteiger partial charge in [-0.05, 0) is 0 Å². The second-order valence-electron chi connectivity index (χ2n) is 2.97. The summed E-state index contributed by atoms with van der Waals surface area (Å²) < 4.78 is 34.8. The van der Waals surface area contributed by atoms with E-state index in [1.54, 1.807) is 0 Å². The number of nitrogens with zero attached hydrogens (tertiary/aromatic N) is 2. The Morgan fingerprint density at radius 2 is 1.77 bits per heavy atom. The number of hydrogen-bond acceptors (Lipinski definition) is 3. The number of hydrogen-bond donors (Lipinski definition) is 1. The van der Waals surface area contributed by atoms with Crippen LogP contribution in [0.25, 0.3) is 0 Å². The van der Waals surface area contributed by atoms with Gasteiger partial charge in [-0.3, -0.25) is 4.90 Å². The van der Waals surface area contributed by atoms with E-state index < -0.39 is 16.9 Å². The molecular weight excluding hydrogens is 197 g/mol.